The lowest BCUT2D eigenvalue weighted by Gasteiger charge is -2.60. The third kappa shape index (κ3) is 4.07. The van der Waals surface area contributed by atoms with Crippen molar-refractivity contribution in [1.82, 2.24) is 0 Å². The number of hydrogen-bond acceptors (Lipinski definition) is 7. The Morgan fingerprint density at radius 1 is 0.943 bits per heavy atom. The minimum Gasteiger partial charge on any atom is -0.850 e. The predicted octanol–water partition coefficient (Wildman–Crippen LogP) is 3.99. The summed E-state index contributed by atoms with van der Waals surface area (Å²) in [5.74, 6) is -0.698. The number of nitrogens with one attached hydrogen (secondary N) is 1. The van der Waals surface area contributed by atoms with E-state index in [1.807, 2.05) is 55.6 Å². The maximum atomic E-state index is 13.0. The van der Waals surface area contributed by atoms with E-state index >= 15 is 0 Å². The largest absolute Gasteiger partial charge is 0.850 e. The highest BCUT2D eigenvalue weighted by molar-refractivity contribution is 5.70. The van der Waals surface area contributed by atoms with Gasteiger partial charge in [-0.15, -0.1) is 17.3 Å². The Labute approximate surface area is 205 Å². The number of para-hydroxylation sites is 1. The van der Waals surface area contributed by atoms with Crippen molar-refractivity contribution in [2.45, 2.75) is 37.5 Å². The van der Waals surface area contributed by atoms with Gasteiger partial charge in [0.2, 0.25) is 0 Å². The Hall–Kier alpha value is -3.68. The average molecular weight is 469 g/mol. The van der Waals surface area contributed by atoms with Crippen LogP contribution in [0.25, 0.3) is 0 Å². The molecule has 1 fully saturated rings. The second-order valence-corrected chi connectivity index (χ2v) is 9.67. The van der Waals surface area contributed by atoms with Gasteiger partial charge in [-0.25, -0.2) is 0 Å². The van der Waals surface area contributed by atoms with Gasteiger partial charge in [-0.1, -0.05) is 56.3 Å². The van der Waals surface area contributed by atoms with Crippen molar-refractivity contribution in [2.75, 3.05) is 17.3 Å². The van der Waals surface area contributed by atoms with Gasteiger partial charge in [0.25, 0.3) is 0 Å². The number of rotatable bonds is 5. The van der Waals surface area contributed by atoms with Crippen LogP contribution in [0.3, 0.4) is 0 Å². The summed E-state index contributed by atoms with van der Waals surface area (Å²) in [5, 5.41) is 47.6. The monoisotopic (exact) mass is 468 g/mol. The standard InChI is InChI=1S/C28H28N4O3/c1-28(2)20-11-7-8-12-22(20)32(3)24(28)16-19-26(34)25(27(19)35)29-18-13-14-21(23(33)15-18)31-30-17-9-5-4-6-10-17/h4-16,19,25-27,29,33H,1-3H3/q-2. The van der Waals surface area contributed by atoms with Crippen molar-refractivity contribution in [3.05, 3.63) is 90.1 Å². The predicted molar refractivity (Wildman–Crippen MR) is 133 cm³/mol. The molecule has 3 aromatic carbocycles. The van der Waals surface area contributed by atoms with Gasteiger partial charge in [0.05, 0.1) is 5.69 Å². The number of phenols is 1. The van der Waals surface area contributed by atoms with E-state index in [-0.39, 0.29) is 11.2 Å². The van der Waals surface area contributed by atoms with E-state index in [1.54, 1.807) is 12.1 Å². The summed E-state index contributed by atoms with van der Waals surface area (Å²) in [4.78, 5) is 2.08. The fraction of sp³-hybridized carbons (Fsp3) is 0.286. The quantitative estimate of drug-likeness (QED) is 0.551. The zero-order valence-corrected chi connectivity index (χ0v) is 19.9. The molecule has 0 bridgehead atoms. The first-order valence-corrected chi connectivity index (χ1v) is 11.7. The van der Waals surface area contributed by atoms with Gasteiger partial charge in [-0.05, 0) is 41.8 Å². The maximum Gasteiger partial charge on any atom is 0.145 e. The second-order valence-electron chi connectivity index (χ2n) is 9.67. The first kappa shape index (κ1) is 23.1. The molecule has 1 aliphatic carbocycles. The van der Waals surface area contributed by atoms with Crippen LogP contribution in [0.2, 0.25) is 0 Å². The smallest absolute Gasteiger partial charge is 0.145 e. The van der Waals surface area contributed by atoms with Crippen LogP contribution in [0.1, 0.15) is 19.4 Å². The molecule has 1 heterocycles. The summed E-state index contributed by atoms with van der Waals surface area (Å²) >= 11 is 0. The molecule has 2 unspecified atom stereocenters. The highest BCUT2D eigenvalue weighted by Gasteiger charge is 2.41. The van der Waals surface area contributed by atoms with Crippen molar-refractivity contribution in [3.63, 3.8) is 0 Å². The van der Waals surface area contributed by atoms with Gasteiger partial charge < -0.3 is 25.5 Å². The van der Waals surface area contributed by atoms with Crippen LogP contribution in [0, 0.1) is 5.92 Å². The van der Waals surface area contributed by atoms with Gasteiger partial charge in [0.1, 0.15) is 11.4 Å². The molecule has 7 heteroatoms. The number of aromatic hydroxyl groups is 1. The number of nitrogens with zero attached hydrogens (tertiary/aromatic N) is 3. The fourth-order valence-electron chi connectivity index (χ4n) is 5.04. The number of hydrogen-bond donors (Lipinski definition) is 2. The summed E-state index contributed by atoms with van der Waals surface area (Å²) < 4.78 is 0. The molecular formula is C28H28N4O3-2. The molecule has 180 valence electrons. The van der Waals surface area contributed by atoms with Crippen LogP contribution < -0.4 is 20.4 Å². The summed E-state index contributed by atoms with van der Waals surface area (Å²) in [6.07, 6.45) is -0.298. The molecule has 2 atom stereocenters. The lowest BCUT2D eigenvalue weighted by molar-refractivity contribution is -0.537. The number of anilines is 2. The number of phenolic OH excluding ortho intramolecular Hbond substituents is 1. The Balaban J connectivity index is 1.28. The molecule has 0 saturated heterocycles. The Kier molecular flexibility index (Phi) is 5.83. The van der Waals surface area contributed by atoms with Crippen molar-refractivity contribution in [1.29, 1.82) is 0 Å². The zero-order chi connectivity index (χ0) is 24.7. The molecular weight excluding hydrogens is 440 g/mol. The number of likely N-dealkylation sites (N-methyl/N-ethyl adjacent to an activating group) is 1. The number of allylic oxidation sites excluding steroid dienone is 1. The van der Waals surface area contributed by atoms with E-state index in [4.69, 9.17) is 0 Å². The third-order valence-corrected chi connectivity index (χ3v) is 7.10. The van der Waals surface area contributed by atoms with Crippen LogP contribution in [-0.4, -0.2) is 30.4 Å². The molecule has 35 heavy (non-hydrogen) atoms. The topological polar surface area (TPSA) is 106 Å². The molecule has 5 rings (SSSR count). The van der Waals surface area contributed by atoms with Gasteiger partial charge in [-0.2, -0.15) is 5.11 Å². The molecule has 0 spiro atoms. The average Bonchev–Trinajstić information content (AvgIpc) is 3.06. The van der Waals surface area contributed by atoms with E-state index in [0.717, 1.165) is 11.4 Å². The Bertz CT molecular complexity index is 1280. The van der Waals surface area contributed by atoms with E-state index < -0.39 is 24.2 Å². The third-order valence-electron chi connectivity index (χ3n) is 7.10. The Morgan fingerprint density at radius 2 is 1.63 bits per heavy atom. The lowest BCUT2D eigenvalue weighted by Crippen LogP contribution is -2.72. The molecule has 1 saturated carbocycles. The fourth-order valence-corrected chi connectivity index (χ4v) is 5.04. The number of azo groups is 1. The molecule has 3 aromatic rings. The van der Waals surface area contributed by atoms with Gasteiger partial charge in [0, 0.05) is 41.6 Å². The van der Waals surface area contributed by atoms with Gasteiger partial charge in [-0.3, -0.25) is 0 Å². The SMILES string of the molecule is CN1C(=CC2C([O-])C(Nc3ccc(N=Nc4ccccc4)c(O)c3)C2[O-])C(C)(C)c2ccccc21. The van der Waals surface area contributed by atoms with E-state index in [9.17, 15) is 15.3 Å². The molecule has 2 N–H and O–H groups in total. The summed E-state index contributed by atoms with van der Waals surface area (Å²) in [6, 6.07) is 21.4. The minimum absolute atomic E-state index is 0.0790. The van der Waals surface area contributed by atoms with Crippen molar-refractivity contribution >= 4 is 22.7 Å². The summed E-state index contributed by atoms with van der Waals surface area (Å²) in [6.45, 7) is 4.24. The molecule has 1 aliphatic heterocycles. The normalized spacial score (nSPS) is 26.1. The van der Waals surface area contributed by atoms with Crippen LogP contribution in [-0.2, 0) is 5.41 Å². The first-order chi connectivity index (χ1) is 16.8. The molecule has 0 radical (unpaired) electrons. The Morgan fingerprint density at radius 3 is 2.31 bits per heavy atom. The lowest BCUT2D eigenvalue weighted by atomic mass is 9.71. The van der Waals surface area contributed by atoms with E-state index in [2.05, 4.69) is 46.4 Å². The maximum absolute atomic E-state index is 13.0. The number of fused-ring (bicyclic) bond motifs is 1. The van der Waals surface area contributed by atoms with E-state index in [0.29, 0.717) is 17.1 Å². The van der Waals surface area contributed by atoms with Crippen LogP contribution in [0.5, 0.6) is 5.75 Å². The molecule has 0 amide bonds. The second kappa shape index (κ2) is 8.83. The minimum atomic E-state index is -1.09. The van der Waals surface area contributed by atoms with Gasteiger partial charge in [0.15, 0.2) is 0 Å². The highest BCUT2D eigenvalue weighted by Crippen LogP contribution is 2.48. The van der Waals surface area contributed by atoms with E-state index in [1.165, 1.54) is 11.6 Å². The molecule has 7 nitrogen and oxygen atoms in total. The first-order valence-electron chi connectivity index (χ1n) is 11.7. The van der Waals surface area contributed by atoms with Crippen LogP contribution in [0.15, 0.2) is 94.8 Å². The van der Waals surface area contributed by atoms with Crippen LogP contribution in [0.4, 0.5) is 22.7 Å². The summed E-state index contributed by atoms with van der Waals surface area (Å²) in [5.41, 5.74) is 4.47. The highest BCUT2D eigenvalue weighted by atomic mass is 16.3. The zero-order valence-electron chi connectivity index (χ0n) is 19.9. The molecule has 0 aromatic heterocycles. The van der Waals surface area contributed by atoms with Crippen molar-refractivity contribution < 1.29 is 15.3 Å². The molecule has 2 aliphatic rings. The van der Waals surface area contributed by atoms with Crippen LogP contribution >= 0.6 is 0 Å². The van der Waals surface area contributed by atoms with Crippen molar-refractivity contribution in [2.24, 2.45) is 16.1 Å². The summed E-state index contributed by atoms with van der Waals surface area (Å²) in [7, 11) is 1.98. The number of benzene rings is 3. The van der Waals surface area contributed by atoms with Gasteiger partial charge >= 0.3 is 0 Å². The van der Waals surface area contributed by atoms with Crippen molar-refractivity contribution in [3.8, 4) is 5.75 Å².